The van der Waals surface area contributed by atoms with Gasteiger partial charge in [-0.05, 0) is 42.8 Å². The highest BCUT2D eigenvalue weighted by molar-refractivity contribution is 5.81. The summed E-state index contributed by atoms with van der Waals surface area (Å²) in [5.41, 5.74) is 2.61. The number of benzene rings is 2. The molecule has 21 heavy (non-hydrogen) atoms. The summed E-state index contributed by atoms with van der Waals surface area (Å²) in [7, 11) is 1.63. The molecule has 0 aliphatic rings. The maximum absolute atomic E-state index is 9.24. The minimum absolute atomic E-state index is 0.491. The molecule has 4 nitrogen and oxygen atoms in total. The second-order valence-corrected chi connectivity index (χ2v) is 4.78. The van der Waals surface area contributed by atoms with Gasteiger partial charge in [0, 0.05) is 17.0 Å². The fourth-order valence-electron chi connectivity index (χ4n) is 2.31. The predicted octanol–water partition coefficient (Wildman–Crippen LogP) is 3.71. The minimum atomic E-state index is 0.491. The summed E-state index contributed by atoms with van der Waals surface area (Å²) in [6, 6.07) is 15.0. The lowest BCUT2D eigenvalue weighted by Gasteiger charge is -2.07. The normalized spacial score (nSPS) is 11.8. The Morgan fingerprint density at radius 2 is 1.86 bits per heavy atom. The Balaban J connectivity index is 2.25. The maximum Gasteiger partial charge on any atom is 0.139 e. The van der Waals surface area contributed by atoms with Gasteiger partial charge in [0.05, 0.1) is 7.11 Å². The number of aryl methyl sites for hydroxylation is 1. The number of fused-ring (bicyclic) bond motifs is 1. The molecule has 0 radical (unpaired) electrons. The van der Waals surface area contributed by atoms with Crippen LogP contribution in [-0.2, 0) is 0 Å². The first-order chi connectivity index (χ1) is 10.2. The summed E-state index contributed by atoms with van der Waals surface area (Å²) < 4.78 is 11.1. The Bertz CT molecular complexity index is 848. The molecule has 0 unspecified atom stereocenters. The molecule has 0 aliphatic carbocycles. The first kappa shape index (κ1) is 13.2. The third kappa shape index (κ3) is 2.36. The Kier molecular flexibility index (Phi) is 3.36. The van der Waals surface area contributed by atoms with Crippen molar-refractivity contribution in [2.75, 3.05) is 7.11 Å². The molecule has 3 rings (SSSR count). The molecular formula is C17H15NO3. The molecule has 1 N–H and O–H groups in total. The SMILES string of the molecule is COc1ccc(-c2c/c(=N/O)c3cccc(C)c3o2)cc1. The van der Waals surface area contributed by atoms with Gasteiger partial charge in [0.1, 0.15) is 22.5 Å². The molecule has 0 bridgehead atoms. The van der Waals surface area contributed by atoms with Crippen LogP contribution in [0.5, 0.6) is 5.75 Å². The van der Waals surface area contributed by atoms with Crippen LogP contribution in [0.1, 0.15) is 5.56 Å². The molecular weight excluding hydrogens is 266 g/mol. The van der Waals surface area contributed by atoms with Crippen LogP contribution in [0.2, 0.25) is 0 Å². The second kappa shape index (κ2) is 5.32. The van der Waals surface area contributed by atoms with Gasteiger partial charge >= 0.3 is 0 Å². The molecule has 1 aromatic heterocycles. The predicted molar refractivity (Wildman–Crippen MR) is 80.3 cm³/mol. The van der Waals surface area contributed by atoms with Crippen LogP contribution in [0, 0.1) is 6.92 Å². The van der Waals surface area contributed by atoms with Crippen molar-refractivity contribution in [2.24, 2.45) is 5.16 Å². The smallest absolute Gasteiger partial charge is 0.139 e. The molecule has 0 amide bonds. The van der Waals surface area contributed by atoms with Crippen molar-refractivity contribution < 1.29 is 14.4 Å². The van der Waals surface area contributed by atoms with Crippen LogP contribution in [0.3, 0.4) is 0 Å². The topological polar surface area (TPSA) is 55.0 Å². The summed E-state index contributed by atoms with van der Waals surface area (Å²) in [6.45, 7) is 1.96. The summed E-state index contributed by atoms with van der Waals surface area (Å²) in [5, 5.41) is 13.9. The van der Waals surface area contributed by atoms with E-state index in [1.54, 1.807) is 13.2 Å². The molecule has 0 saturated carbocycles. The number of rotatable bonds is 2. The van der Waals surface area contributed by atoms with Gasteiger partial charge in [-0.15, -0.1) is 0 Å². The number of ether oxygens (including phenoxy) is 1. The van der Waals surface area contributed by atoms with Gasteiger partial charge in [-0.2, -0.15) is 0 Å². The van der Waals surface area contributed by atoms with E-state index in [4.69, 9.17) is 9.15 Å². The van der Waals surface area contributed by atoms with Crippen molar-refractivity contribution in [3.63, 3.8) is 0 Å². The van der Waals surface area contributed by atoms with E-state index in [1.165, 1.54) is 0 Å². The quantitative estimate of drug-likeness (QED) is 0.575. The molecule has 0 spiro atoms. The van der Waals surface area contributed by atoms with Gasteiger partial charge in [-0.1, -0.05) is 17.3 Å². The van der Waals surface area contributed by atoms with Gasteiger partial charge in [0.2, 0.25) is 0 Å². The summed E-state index contributed by atoms with van der Waals surface area (Å²) in [6.07, 6.45) is 0. The highest BCUT2D eigenvalue weighted by Gasteiger charge is 2.08. The molecule has 4 heteroatoms. The van der Waals surface area contributed by atoms with E-state index >= 15 is 0 Å². The lowest BCUT2D eigenvalue weighted by molar-refractivity contribution is 0.302. The number of hydrogen-bond donors (Lipinski definition) is 1. The van der Waals surface area contributed by atoms with Gasteiger partial charge < -0.3 is 14.4 Å². The fraction of sp³-hybridized carbons (Fsp3) is 0.118. The number of para-hydroxylation sites is 1. The van der Waals surface area contributed by atoms with E-state index < -0.39 is 0 Å². The van der Waals surface area contributed by atoms with Crippen LogP contribution in [0.25, 0.3) is 22.3 Å². The van der Waals surface area contributed by atoms with E-state index in [9.17, 15) is 5.21 Å². The Hall–Kier alpha value is -2.75. The van der Waals surface area contributed by atoms with Crippen LogP contribution in [0.4, 0.5) is 0 Å². The molecule has 3 aromatic rings. The van der Waals surface area contributed by atoms with Gasteiger partial charge in [-0.25, -0.2) is 0 Å². The third-order valence-corrected chi connectivity index (χ3v) is 3.45. The van der Waals surface area contributed by atoms with Crippen LogP contribution in [-0.4, -0.2) is 12.3 Å². The van der Waals surface area contributed by atoms with Gasteiger partial charge in [-0.3, -0.25) is 0 Å². The largest absolute Gasteiger partial charge is 0.497 e. The van der Waals surface area contributed by atoms with E-state index in [2.05, 4.69) is 5.16 Å². The van der Waals surface area contributed by atoms with E-state index in [-0.39, 0.29) is 0 Å². The lowest BCUT2D eigenvalue weighted by atomic mass is 10.1. The van der Waals surface area contributed by atoms with Gasteiger partial charge in [0.15, 0.2) is 0 Å². The molecule has 2 aromatic carbocycles. The van der Waals surface area contributed by atoms with Crippen molar-refractivity contribution in [1.82, 2.24) is 0 Å². The highest BCUT2D eigenvalue weighted by Crippen LogP contribution is 2.25. The van der Waals surface area contributed by atoms with E-state index in [0.717, 1.165) is 27.8 Å². The summed E-state index contributed by atoms with van der Waals surface area (Å²) in [4.78, 5) is 0. The molecule has 0 saturated heterocycles. The number of nitrogens with zero attached hydrogens (tertiary/aromatic N) is 1. The Labute approximate surface area is 121 Å². The lowest BCUT2D eigenvalue weighted by Crippen LogP contribution is -2.03. The van der Waals surface area contributed by atoms with Crippen LogP contribution in [0.15, 0.2) is 58.1 Å². The van der Waals surface area contributed by atoms with E-state index in [0.29, 0.717) is 11.1 Å². The van der Waals surface area contributed by atoms with Crippen molar-refractivity contribution >= 4 is 11.0 Å². The maximum atomic E-state index is 9.24. The molecule has 1 heterocycles. The minimum Gasteiger partial charge on any atom is -0.497 e. The first-order valence-electron chi connectivity index (χ1n) is 6.59. The summed E-state index contributed by atoms with van der Waals surface area (Å²) >= 11 is 0. The zero-order chi connectivity index (χ0) is 14.8. The van der Waals surface area contributed by atoms with Crippen LogP contribution < -0.4 is 10.1 Å². The highest BCUT2D eigenvalue weighted by atomic mass is 16.5. The Morgan fingerprint density at radius 3 is 2.52 bits per heavy atom. The molecule has 106 valence electrons. The number of hydrogen-bond acceptors (Lipinski definition) is 4. The first-order valence-corrected chi connectivity index (χ1v) is 6.59. The molecule has 0 aliphatic heterocycles. The second-order valence-electron chi connectivity index (χ2n) is 4.78. The number of methoxy groups -OCH3 is 1. The molecule has 0 atom stereocenters. The van der Waals surface area contributed by atoms with Crippen molar-refractivity contribution in [3.05, 3.63) is 59.5 Å². The zero-order valence-electron chi connectivity index (χ0n) is 11.8. The average molecular weight is 281 g/mol. The van der Waals surface area contributed by atoms with Crippen molar-refractivity contribution in [3.8, 4) is 17.1 Å². The van der Waals surface area contributed by atoms with Crippen molar-refractivity contribution in [2.45, 2.75) is 6.92 Å². The Morgan fingerprint density at radius 1 is 1.10 bits per heavy atom. The average Bonchev–Trinajstić information content (AvgIpc) is 2.54. The van der Waals surface area contributed by atoms with Crippen LogP contribution >= 0.6 is 0 Å². The van der Waals surface area contributed by atoms with Gasteiger partial charge in [0.25, 0.3) is 0 Å². The standard InChI is InChI=1S/C17H15NO3/c1-11-4-3-5-14-15(18-19)10-16(21-17(11)14)12-6-8-13(20-2)9-7-12/h3-10,19H,1-2H3/b18-15-. The monoisotopic (exact) mass is 281 g/mol. The summed E-state index contributed by atoms with van der Waals surface area (Å²) in [5.74, 6) is 1.43. The molecule has 0 fully saturated rings. The fourth-order valence-corrected chi connectivity index (χ4v) is 2.31. The third-order valence-electron chi connectivity index (χ3n) is 3.45. The van der Waals surface area contributed by atoms with E-state index in [1.807, 2.05) is 49.4 Å². The zero-order valence-corrected chi connectivity index (χ0v) is 11.8. The van der Waals surface area contributed by atoms with Crippen molar-refractivity contribution in [1.29, 1.82) is 0 Å².